The number of hydrogen-bond donors (Lipinski definition) is 0. The third-order valence-corrected chi connectivity index (χ3v) is 2.70. The molecular weight excluding hydrogens is 232 g/mol. The molecule has 1 unspecified atom stereocenters. The smallest absolute Gasteiger partial charge is 0.0992 e. The van der Waals surface area contributed by atoms with Crippen LogP contribution in [0.3, 0.4) is 0 Å². The van der Waals surface area contributed by atoms with Gasteiger partial charge in [0.15, 0.2) is 0 Å². The van der Waals surface area contributed by atoms with Gasteiger partial charge in [-0.25, -0.2) is 0 Å². The first-order valence-electron chi connectivity index (χ1n) is 6.69. The Labute approximate surface area is 117 Å². The van der Waals surface area contributed by atoms with Crippen LogP contribution in [0.15, 0.2) is 49.1 Å². The fourth-order valence-corrected chi connectivity index (χ4v) is 1.75. The van der Waals surface area contributed by atoms with Crippen LogP contribution in [0.5, 0.6) is 0 Å². The molecule has 0 fully saturated rings. The number of hydrogen-bond acceptors (Lipinski definition) is 2. The van der Waals surface area contributed by atoms with Crippen LogP contribution >= 0.6 is 0 Å². The first kappa shape index (κ1) is 17.0. The van der Waals surface area contributed by atoms with Gasteiger partial charge in [-0.3, -0.25) is 0 Å². The van der Waals surface area contributed by atoms with E-state index in [4.69, 9.17) is 5.26 Å². The second kappa shape index (κ2) is 9.96. The van der Waals surface area contributed by atoms with Crippen LogP contribution in [0.1, 0.15) is 32.8 Å². The molecule has 0 saturated heterocycles. The maximum atomic E-state index is 8.89. The summed E-state index contributed by atoms with van der Waals surface area (Å²) in [5.41, 5.74) is 1.74. The molecule has 0 radical (unpaired) electrons. The molecule has 1 aromatic carbocycles. The van der Waals surface area contributed by atoms with Gasteiger partial charge in [-0.1, -0.05) is 38.1 Å². The van der Waals surface area contributed by atoms with E-state index in [1.807, 2.05) is 64.2 Å². The van der Waals surface area contributed by atoms with Gasteiger partial charge in [0.2, 0.25) is 0 Å². The highest BCUT2D eigenvalue weighted by atomic mass is 15.1. The molecule has 0 aliphatic heterocycles. The predicted octanol–water partition coefficient (Wildman–Crippen LogP) is 4.54. The van der Waals surface area contributed by atoms with Crippen molar-refractivity contribution >= 4 is 5.69 Å². The summed E-state index contributed by atoms with van der Waals surface area (Å²) in [5.74, 6) is 0. The van der Waals surface area contributed by atoms with E-state index in [2.05, 4.69) is 23.6 Å². The van der Waals surface area contributed by atoms with Crippen LogP contribution in [0.2, 0.25) is 0 Å². The number of allylic oxidation sites excluding steroid dienone is 1. The van der Waals surface area contributed by atoms with Crippen molar-refractivity contribution in [2.24, 2.45) is 0 Å². The lowest BCUT2D eigenvalue weighted by Gasteiger charge is -2.27. The molecule has 0 saturated carbocycles. The van der Waals surface area contributed by atoms with Crippen LogP contribution in [-0.4, -0.2) is 13.1 Å². The molecule has 19 heavy (non-hydrogen) atoms. The normalized spacial score (nSPS) is 11.1. The first-order chi connectivity index (χ1) is 9.22. The van der Waals surface area contributed by atoms with E-state index in [1.165, 1.54) is 0 Å². The van der Waals surface area contributed by atoms with Gasteiger partial charge in [0, 0.05) is 12.7 Å². The molecule has 0 N–H and O–H groups in total. The van der Waals surface area contributed by atoms with Crippen LogP contribution in [-0.2, 0) is 0 Å². The highest BCUT2D eigenvalue weighted by molar-refractivity contribution is 5.52. The largest absolute Gasteiger partial charge is 0.368 e. The summed E-state index contributed by atoms with van der Waals surface area (Å²) >= 11 is 0. The first-order valence-corrected chi connectivity index (χ1v) is 6.69. The van der Waals surface area contributed by atoms with E-state index in [0.717, 1.165) is 12.1 Å². The van der Waals surface area contributed by atoms with Crippen molar-refractivity contribution in [1.82, 2.24) is 0 Å². The lowest BCUT2D eigenvalue weighted by atomic mass is 10.1. The number of rotatable bonds is 5. The Morgan fingerprint density at radius 1 is 1.42 bits per heavy atom. The molecule has 1 atom stereocenters. The monoisotopic (exact) mass is 256 g/mol. The molecule has 0 amide bonds. The molecule has 1 aromatic rings. The summed E-state index contributed by atoms with van der Waals surface area (Å²) in [5, 5.41) is 8.89. The zero-order chi connectivity index (χ0) is 14.7. The molecule has 2 heteroatoms. The van der Waals surface area contributed by atoms with Crippen LogP contribution in [0, 0.1) is 11.3 Å². The van der Waals surface area contributed by atoms with E-state index >= 15 is 0 Å². The molecule has 0 heterocycles. The molecule has 0 spiro atoms. The minimum absolute atomic E-state index is 0.284. The fraction of sp³-hybridized carbons (Fsp3) is 0.353. The molecular formula is C17H24N2. The van der Waals surface area contributed by atoms with Crippen molar-refractivity contribution in [3.8, 4) is 6.07 Å². The molecule has 102 valence electrons. The average molecular weight is 256 g/mol. The number of anilines is 1. The summed E-state index contributed by atoms with van der Waals surface area (Å²) in [7, 11) is 2.03. The second-order valence-corrected chi connectivity index (χ2v) is 3.89. The van der Waals surface area contributed by atoms with Crippen molar-refractivity contribution in [2.45, 2.75) is 33.2 Å². The predicted molar refractivity (Wildman–Crippen MR) is 84.3 cm³/mol. The molecule has 0 aliphatic carbocycles. The quantitative estimate of drug-likeness (QED) is 0.723. The van der Waals surface area contributed by atoms with Crippen LogP contribution < -0.4 is 4.90 Å². The number of benzene rings is 1. The molecule has 0 aromatic heterocycles. The van der Waals surface area contributed by atoms with E-state index < -0.39 is 0 Å². The Hall–Kier alpha value is -2.01. The third kappa shape index (κ3) is 5.44. The van der Waals surface area contributed by atoms with Gasteiger partial charge < -0.3 is 4.90 Å². The maximum absolute atomic E-state index is 8.89. The van der Waals surface area contributed by atoms with Crippen LogP contribution in [0.25, 0.3) is 0 Å². The van der Waals surface area contributed by atoms with Crippen LogP contribution in [0.4, 0.5) is 5.69 Å². The summed E-state index contributed by atoms with van der Waals surface area (Å²) in [6.45, 7) is 9.79. The Morgan fingerprint density at radius 3 is 2.63 bits per heavy atom. The van der Waals surface area contributed by atoms with E-state index in [0.29, 0.717) is 5.56 Å². The van der Waals surface area contributed by atoms with Gasteiger partial charge >= 0.3 is 0 Å². The van der Waals surface area contributed by atoms with Crippen molar-refractivity contribution in [2.75, 3.05) is 11.9 Å². The van der Waals surface area contributed by atoms with Gasteiger partial charge in [0.05, 0.1) is 17.7 Å². The average Bonchev–Trinajstić information content (AvgIpc) is 2.48. The fourth-order valence-electron chi connectivity index (χ4n) is 1.75. The Morgan fingerprint density at radius 2 is 2.11 bits per heavy atom. The number of nitriles is 1. The minimum atomic E-state index is 0.284. The summed E-state index contributed by atoms with van der Waals surface area (Å²) in [6.07, 6.45) is 6.98. The van der Waals surface area contributed by atoms with Crippen molar-refractivity contribution in [3.63, 3.8) is 0 Å². The summed E-state index contributed by atoms with van der Waals surface area (Å²) < 4.78 is 0. The Balaban J connectivity index is 0.00000154. The number of nitrogens with zero attached hydrogens (tertiary/aromatic N) is 2. The van der Waals surface area contributed by atoms with E-state index in [-0.39, 0.29) is 6.04 Å². The lowest BCUT2D eigenvalue weighted by Crippen LogP contribution is -2.29. The molecule has 0 bridgehead atoms. The van der Waals surface area contributed by atoms with Gasteiger partial charge in [0.25, 0.3) is 0 Å². The Kier molecular flexibility index (Phi) is 8.91. The number of likely N-dealkylation sites (N-methyl/N-ethyl adjacent to an activating group) is 1. The second-order valence-electron chi connectivity index (χ2n) is 3.89. The molecule has 2 nitrogen and oxygen atoms in total. The zero-order valence-corrected chi connectivity index (χ0v) is 12.4. The SMILES string of the molecule is C=CCC(/C=C\C)N(C)c1cccc(C#N)c1.CC. The summed E-state index contributed by atoms with van der Waals surface area (Å²) in [6, 6.07) is 10.1. The summed E-state index contributed by atoms with van der Waals surface area (Å²) in [4.78, 5) is 2.16. The van der Waals surface area contributed by atoms with Crippen molar-refractivity contribution in [1.29, 1.82) is 5.26 Å². The standard InChI is InChI=1S/C15H18N2.C2H6/c1-4-7-14(8-5-2)17(3)15-10-6-9-13(11-15)12-16;1-2/h4-6,8-11,14H,1,7H2,2-3H3;1-2H3/b8-5-;. The molecule has 1 rings (SSSR count). The maximum Gasteiger partial charge on any atom is 0.0992 e. The van der Waals surface area contributed by atoms with Crippen molar-refractivity contribution in [3.05, 3.63) is 54.6 Å². The third-order valence-electron chi connectivity index (χ3n) is 2.70. The van der Waals surface area contributed by atoms with Gasteiger partial charge in [-0.05, 0) is 31.5 Å². The minimum Gasteiger partial charge on any atom is -0.368 e. The van der Waals surface area contributed by atoms with Gasteiger partial charge in [0.1, 0.15) is 0 Å². The lowest BCUT2D eigenvalue weighted by molar-refractivity contribution is 0.759. The molecule has 0 aliphatic rings. The topological polar surface area (TPSA) is 27.0 Å². The zero-order valence-electron chi connectivity index (χ0n) is 12.4. The van der Waals surface area contributed by atoms with E-state index in [1.54, 1.807) is 0 Å². The van der Waals surface area contributed by atoms with Gasteiger partial charge in [-0.15, -0.1) is 6.58 Å². The Bertz CT molecular complexity index is 441. The van der Waals surface area contributed by atoms with E-state index in [9.17, 15) is 0 Å². The highest BCUT2D eigenvalue weighted by Crippen LogP contribution is 2.19. The van der Waals surface area contributed by atoms with Crippen molar-refractivity contribution < 1.29 is 0 Å². The van der Waals surface area contributed by atoms with Gasteiger partial charge in [-0.2, -0.15) is 5.26 Å². The highest BCUT2D eigenvalue weighted by Gasteiger charge is 2.10.